The molecule has 1 aliphatic rings. The number of hydrogen-bond donors (Lipinski definition) is 1. The van der Waals surface area contributed by atoms with Gasteiger partial charge in [-0.05, 0) is 44.9 Å². The molecule has 0 bridgehead atoms. The van der Waals surface area contributed by atoms with E-state index in [0.29, 0.717) is 12.1 Å². The summed E-state index contributed by atoms with van der Waals surface area (Å²) in [5.41, 5.74) is 2.35. The zero-order valence-corrected chi connectivity index (χ0v) is 12.9. The van der Waals surface area contributed by atoms with Gasteiger partial charge in [0.1, 0.15) is 0 Å². The maximum absolute atomic E-state index is 4.11. The van der Waals surface area contributed by atoms with E-state index in [1.807, 2.05) is 23.3 Å². The molecule has 4 nitrogen and oxygen atoms in total. The normalized spacial score (nSPS) is 17.3. The van der Waals surface area contributed by atoms with Gasteiger partial charge in [0.25, 0.3) is 0 Å². The predicted molar refractivity (Wildman–Crippen MR) is 86.9 cm³/mol. The predicted octanol–water partition coefficient (Wildman–Crippen LogP) is 3.16. The Labute approximate surface area is 126 Å². The van der Waals surface area contributed by atoms with Crippen molar-refractivity contribution in [2.45, 2.75) is 38.8 Å². The molecule has 0 aliphatic carbocycles. The van der Waals surface area contributed by atoms with E-state index in [0.717, 1.165) is 5.69 Å². The molecular weight excluding hydrogens is 260 g/mol. The van der Waals surface area contributed by atoms with Crippen molar-refractivity contribution in [3.8, 4) is 5.69 Å². The van der Waals surface area contributed by atoms with Crippen molar-refractivity contribution in [3.63, 3.8) is 0 Å². The monoisotopic (exact) mass is 284 g/mol. The summed E-state index contributed by atoms with van der Waals surface area (Å²) in [4.78, 5) is 6.66. The summed E-state index contributed by atoms with van der Waals surface area (Å²) >= 11 is 0. The highest BCUT2D eigenvalue weighted by molar-refractivity contribution is 5.51. The van der Waals surface area contributed by atoms with Crippen molar-refractivity contribution in [1.29, 1.82) is 0 Å². The first-order valence-corrected chi connectivity index (χ1v) is 7.81. The smallest absolute Gasteiger partial charge is 0.0991 e. The molecule has 2 heterocycles. The van der Waals surface area contributed by atoms with Crippen LogP contribution in [0.5, 0.6) is 0 Å². The van der Waals surface area contributed by atoms with Crippen LogP contribution in [0.3, 0.4) is 0 Å². The number of benzene rings is 1. The Morgan fingerprint density at radius 1 is 1.24 bits per heavy atom. The molecule has 0 amide bonds. The van der Waals surface area contributed by atoms with E-state index in [2.05, 4.69) is 53.3 Å². The Bertz CT molecular complexity index is 554. The Morgan fingerprint density at radius 3 is 2.71 bits per heavy atom. The van der Waals surface area contributed by atoms with E-state index in [-0.39, 0.29) is 0 Å². The van der Waals surface area contributed by atoms with Crippen molar-refractivity contribution in [1.82, 2.24) is 14.5 Å². The third kappa shape index (κ3) is 3.45. The van der Waals surface area contributed by atoms with Crippen molar-refractivity contribution in [2.75, 3.05) is 18.4 Å². The summed E-state index contributed by atoms with van der Waals surface area (Å²) in [6, 6.07) is 9.79. The fraction of sp³-hybridized carbons (Fsp3) is 0.471. The van der Waals surface area contributed by atoms with Crippen LogP contribution in [-0.4, -0.2) is 39.6 Å². The van der Waals surface area contributed by atoms with Crippen LogP contribution in [0.2, 0.25) is 0 Å². The molecule has 2 aromatic rings. The van der Waals surface area contributed by atoms with E-state index in [9.17, 15) is 0 Å². The van der Waals surface area contributed by atoms with Gasteiger partial charge in [0, 0.05) is 48.9 Å². The topological polar surface area (TPSA) is 33.1 Å². The van der Waals surface area contributed by atoms with Crippen LogP contribution < -0.4 is 5.32 Å². The maximum atomic E-state index is 4.11. The standard InChI is InChI=1S/C17H24N4/c1-14(2)20-9-6-15(7-10-20)19-16-4-3-5-17(12-16)21-11-8-18-13-21/h3-5,8,11-15,19H,6-7,9-10H2,1-2H3. The summed E-state index contributed by atoms with van der Waals surface area (Å²) in [6.07, 6.45) is 8.04. The van der Waals surface area contributed by atoms with Crippen LogP contribution in [0.25, 0.3) is 5.69 Å². The molecule has 1 aromatic heterocycles. The first-order valence-electron chi connectivity index (χ1n) is 7.81. The summed E-state index contributed by atoms with van der Waals surface area (Å²) < 4.78 is 2.03. The second-order valence-electron chi connectivity index (χ2n) is 6.07. The van der Waals surface area contributed by atoms with Crippen LogP contribution in [0.4, 0.5) is 5.69 Å². The third-order valence-electron chi connectivity index (χ3n) is 4.28. The summed E-state index contributed by atoms with van der Waals surface area (Å²) in [6.45, 7) is 6.94. The zero-order chi connectivity index (χ0) is 14.7. The van der Waals surface area contributed by atoms with Gasteiger partial charge in [-0.3, -0.25) is 0 Å². The fourth-order valence-corrected chi connectivity index (χ4v) is 2.96. The third-order valence-corrected chi connectivity index (χ3v) is 4.28. The lowest BCUT2D eigenvalue weighted by atomic mass is 10.0. The molecule has 21 heavy (non-hydrogen) atoms. The van der Waals surface area contributed by atoms with Gasteiger partial charge in [0.15, 0.2) is 0 Å². The van der Waals surface area contributed by atoms with Crippen LogP contribution in [0.15, 0.2) is 43.0 Å². The average molecular weight is 284 g/mol. The second-order valence-corrected chi connectivity index (χ2v) is 6.07. The molecule has 0 atom stereocenters. The molecule has 1 N–H and O–H groups in total. The van der Waals surface area contributed by atoms with E-state index in [1.165, 1.54) is 31.6 Å². The number of imidazole rings is 1. The Hall–Kier alpha value is -1.81. The van der Waals surface area contributed by atoms with Crippen LogP contribution >= 0.6 is 0 Å². The Morgan fingerprint density at radius 2 is 2.05 bits per heavy atom. The number of hydrogen-bond acceptors (Lipinski definition) is 3. The SMILES string of the molecule is CC(C)N1CCC(Nc2cccc(-n3ccnc3)c2)CC1. The van der Waals surface area contributed by atoms with Gasteiger partial charge < -0.3 is 14.8 Å². The number of rotatable bonds is 4. The summed E-state index contributed by atoms with van der Waals surface area (Å²) in [7, 11) is 0. The molecule has 1 aromatic carbocycles. The van der Waals surface area contributed by atoms with Crippen LogP contribution in [-0.2, 0) is 0 Å². The highest BCUT2D eigenvalue weighted by Gasteiger charge is 2.20. The van der Waals surface area contributed by atoms with Gasteiger partial charge in [0.2, 0.25) is 0 Å². The minimum Gasteiger partial charge on any atom is -0.382 e. The number of likely N-dealkylation sites (tertiary alicyclic amines) is 1. The first kappa shape index (κ1) is 14.1. The minimum absolute atomic E-state index is 0.582. The zero-order valence-electron chi connectivity index (χ0n) is 12.9. The Kier molecular flexibility index (Phi) is 4.25. The summed E-state index contributed by atoms with van der Waals surface area (Å²) in [5.74, 6) is 0. The lowest BCUT2D eigenvalue weighted by Gasteiger charge is -2.35. The van der Waals surface area contributed by atoms with Crippen LogP contribution in [0.1, 0.15) is 26.7 Å². The number of nitrogens with one attached hydrogen (secondary N) is 1. The van der Waals surface area contributed by atoms with Gasteiger partial charge in [0.05, 0.1) is 6.33 Å². The van der Waals surface area contributed by atoms with Gasteiger partial charge in [-0.2, -0.15) is 0 Å². The van der Waals surface area contributed by atoms with Gasteiger partial charge in [-0.1, -0.05) is 6.07 Å². The molecule has 0 saturated carbocycles. The van der Waals surface area contributed by atoms with E-state index >= 15 is 0 Å². The Balaban J connectivity index is 1.62. The lowest BCUT2D eigenvalue weighted by molar-refractivity contribution is 0.177. The van der Waals surface area contributed by atoms with Gasteiger partial charge >= 0.3 is 0 Å². The van der Waals surface area contributed by atoms with Crippen molar-refractivity contribution in [2.24, 2.45) is 0 Å². The molecule has 3 rings (SSSR count). The number of piperidine rings is 1. The molecule has 1 saturated heterocycles. The van der Waals surface area contributed by atoms with Gasteiger partial charge in [-0.25, -0.2) is 4.98 Å². The summed E-state index contributed by atoms with van der Waals surface area (Å²) in [5, 5.41) is 3.68. The lowest BCUT2D eigenvalue weighted by Crippen LogP contribution is -2.42. The number of aromatic nitrogens is 2. The van der Waals surface area contributed by atoms with Crippen molar-refractivity contribution in [3.05, 3.63) is 43.0 Å². The second kappa shape index (κ2) is 6.31. The number of nitrogens with zero attached hydrogens (tertiary/aromatic N) is 3. The number of anilines is 1. The largest absolute Gasteiger partial charge is 0.382 e. The molecule has 1 aliphatic heterocycles. The quantitative estimate of drug-likeness (QED) is 0.936. The van der Waals surface area contributed by atoms with Crippen molar-refractivity contribution >= 4 is 5.69 Å². The van der Waals surface area contributed by atoms with E-state index in [4.69, 9.17) is 0 Å². The van der Waals surface area contributed by atoms with Crippen LogP contribution in [0, 0.1) is 0 Å². The molecule has 0 spiro atoms. The first-order chi connectivity index (χ1) is 10.2. The molecule has 1 fully saturated rings. The van der Waals surface area contributed by atoms with E-state index < -0.39 is 0 Å². The average Bonchev–Trinajstić information content (AvgIpc) is 3.02. The highest BCUT2D eigenvalue weighted by atomic mass is 15.2. The minimum atomic E-state index is 0.582. The fourth-order valence-electron chi connectivity index (χ4n) is 2.96. The van der Waals surface area contributed by atoms with E-state index in [1.54, 1.807) is 0 Å². The van der Waals surface area contributed by atoms with Gasteiger partial charge in [-0.15, -0.1) is 0 Å². The molecule has 112 valence electrons. The highest BCUT2D eigenvalue weighted by Crippen LogP contribution is 2.20. The molecular formula is C17H24N4. The molecule has 0 unspecified atom stereocenters. The molecule has 4 heteroatoms. The maximum Gasteiger partial charge on any atom is 0.0991 e. The van der Waals surface area contributed by atoms with Crippen molar-refractivity contribution < 1.29 is 0 Å². The molecule has 0 radical (unpaired) electrons.